The highest BCUT2D eigenvalue weighted by Crippen LogP contribution is 2.22. The second kappa shape index (κ2) is 5.43. The Hall–Kier alpha value is -2.58. The molecule has 21 heavy (non-hydrogen) atoms. The Bertz CT molecular complexity index is 667. The van der Waals surface area contributed by atoms with Gasteiger partial charge in [-0.2, -0.15) is 18.3 Å². The zero-order valence-corrected chi connectivity index (χ0v) is 10.9. The van der Waals surface area contributed by atoms with E-state index in [1.54, 1.807) is 0 Å². The third-order valence-corrected chi connectivity index (χ3v) is 2.57. The molecule has 0 unspecified atom stereocenters. The third-order valence-electron chi connectivity index (χ3n) is 2.57. The summed E-state index contributed by atoms with van der Waals surface area (Å²) in [5.41, 5.74) is 6.34. The number of nitrogens with two attached hydrogens (primary N) is 1. The number of pyridine rings is 1. The lowest BCUT2D eigenvalue weighted by atomic mass is 10.2. The van der Waals surface area contributed by atoms with Crippen molar-refractivity contribution in [3.8, 4) is 11.3 Å². The van der Waals surface area contributed by atoms with E-state index in [0.29, 0.717) is 5.56 Å². The lowest BCUT2D eigenvalue weighted by Crippen LogP contribution is -2.17. The number of hydrogen-bond donors (Lipinski definition) is 1. The van der Waals surface area contributed by atoms with Crippen molar-refractivity contribution in [2.24, 2.45) is 0 Å². The topological polar surface area (TPSA) is 83.0 Å². The van der Waals surface area contributed by atoms with Crippen molar-refractivity contribution in [1.82, 2.24) is 14.8 Å². The van der Waals surface area contributed by atoms with Crippen LogP contribution in [0.25, 0.3) is 11.3 Å². The average molecular weight is 300 g/mol. The number of carbonyl (C=O) groups excluding carboxylic acids is 1. The highest BCUT2D eigenvalue weighted by Gasteiger charge is 2.28. The highest BCUT2D eigenvalue weighted by atomic mass is 19.4. The fraction of sp³-hybridized carbons (Fsp3) is 0.250. The van der Waals surface area contributed by atoms with Crippen LogP contribution in [0.5, 0.6) is 0 Å². The number of nitrogen functional groups attached to an aromatic ring is 1. The summed E-state index contributed by atoms with van der Waals surface area (Å²) < 4.78 is 42.0. The van der Waals surface area contributed by atoms with E-state index in [9.17, 15) is 18.0 Å². The number of aromatic nitrogens is 3. The van der Waals surface area contributed by atoms with Crippen molar-refractivity contribution >= 4 is 11.7 Å². The molecule has 0 spiro atoms. The van der Waals surface area contributed by atoms with Crippen molar-refractivity contribution in [3.63, 3.8) is 0 Å². The Morgan fingerprint density at radius 1 is 1.48 bits per heavy atom. The molecule has 2 heterocycles. The maximum absolute atomic E-state index is 12.3. The van der Waals surface area contributed by atoms with Crippen LogP contribution in [0.1, 0.15) is 10.5 Å². The lowest BCUT2D eigenvalue weighted by Gasteiger charge is -2.06. The van der Waals surface area contributed by atoms with Crippen LogP contribution in [0.15, 0.2) is 24.5 Å². The average Bonchev–Trinajstić information content (AvgIpc) is 2.84. The maximum atomic E-state index is 12.3. The SMILES string of the molecule is COC(=O)c1ncc(-c2ccn(CC(F)(F)F)n2)cc1N. The van der Waals surface area contributed by atoms with E-state index >= 15 is 0 Å². The molecule has 112 valence electrons. The van der Waals surface area contributed by atoms with E-state index in [2.05, 4.69) is 14.8 Å². The second-order valence-electron chi connectivity index (χ2n) is 4.17. The van der Waals surface area contributed by atoms with Crippen LogP contribution in [0.2, 0.25) is 0 Å². The Morgan fingerprint density at radius 3 is 2.76 bits per heavy atom. The van der Waals surface area contributed by atoms with Gasteiger partial charge in [0.2, 0.25) is 0 Å². The van der Waals surface area contributed by atoms with Crippen molar-refractivity contribution < 1.29 is 22.7 Å². The number of methoxy groups -OCH3 is 1. The predicted octanol–water partition coefficient (Wildman–Crippen LogP) is 1.88. The van der Waals surface area contributed by atoms with Gasteiger partial charge in [0.05, 0.1) is 18.5 Å². The summed E-state index contributed by atoms with van der Waals surface area (Å²) in [5.74, 6) is -0.693. The molecule has 0 atom stereocenters. The van der Waals surface area contributed by atoms with Crippen molar-refractivity contribution in [2.45, 2.75) is 12.7 Å². The number of nitrogens with zero attached hydrogens (tertiary/aromatic N) is 3. The standard InChI is InChI=1S/C12H11F3N4O2/c1-21-11(20)10-8(16)4-7(5-17-10)9-2-3-19(18-9)6-12(13,14)15/h2-5H,6,16H2,1H3. The molecule has 0 radical (unpaired) electrons. The molecule has 0 saturated carbocycles. The monoisotopic (exact) mass is 300 g/mol. The van der Waals surface area contributed by atoms with Gasteiger partial charge in [-0.05, 0) is 12.1 Å². The van der Waals surface area contributed by atoms with Gasteiger partial charge in [0.1, 0.15) is 6.54 Å². The molecule has 0 aromatic carbocycles. The minimum absolute atomic E-state index is 0.0593. The van der Waals surface area contributed by atoms with Gasteiger partial charge in [-0.1, -0.05) is 0 Å². The molecular weight excluding hydrogens is 289 g/mol. The van der Waals surface area contributed by atoms with E-state index in [1.807, 2.05) is 0 Å². The van der Waals surface area contributed by atoms with E-state index in [1.165, 1.54) is 31.6 Å². The normalized spacial score (nSPS) is 11.4. The second-order valence-corrected chi connectivity index (χ2v) is 4.17. The van der Waals surface area contributed by atoms with Gasteiger partial charge in [0.25, 0.3) is 0 Å². The van der Waals surface area contributed by atoms with Gasteiger partial charge in [-0.15, -0.1) is 0 Å². The Balaban J connectivity index is 2.27. The van der Waals surface area contributed by atoms with Crippen molar-refractivity contribution in [1.29, 1.82) is 0 Å². The summed E-state index contributed by atoms with van der Waals surface area (Å²) in [6.07, 6.45) is -1.86. The molecule has 0 bridgehead atoms. The first-order valence-corrected chi connectivity index (χ1v) is 5.74. The van der Waals surface area contributed by atoms with Crippen LogP contribution in [0.4, 0.5) is 18.9 Å². The van der Waals surface area contributed by atoms with Crippen LogP contribution in [-0.4, -0.2) is 34.0 Å². The number of carbonyl (C=O) groups is 1. The number of hydrogen-bond acceptors (Lipinski definition) is 5. The molecule has 0 aliphatic rings. The number of halogens is 3. The van der Waals surface area contributed by atoms with Gasteiger partial charge < -0.3 is 10.5 Å². The largest absolute Gasteiger partial charge is 0.464 e. The number of anilines is 1. The van der Waals surface area contributed by atoms with E-state index in [4.69, 9.17) is 5.73 Å². The minimum atomic E-state index is -4.35. The van der Waals surface area contributed by atoms with Gasteiger partial charge in [0, 0.05) is 18.0 Å². The lowest BCUT2D eigenvalue weighted by molar-refractivity contribution is -0.142. The fourth-order valence-electron chi connectivity index (χ4n) is 1.68. The van der Waals surface area contributed by atoms with E-state index in [-0.39, 0.29) is 17.1 Å². The molecular formula is C12H11F3N4O2. The summed E-state index contributed by atoms with van der Waals surface area (Å²) in [7, 11) is 1.19. The number of alkyl halides is 3. The Labute approximate surface area is 117 Å². The van der Waals surface area contributed by atoms with E-state index in [0.717, 1.165) is 4.68 Å². The zero-order chi connectivity index (χ0) is 15.6. The Morgan fingerprint density at radius 2 is 2.19 bits per heavy atom. The molecule has 0 saturated heterocycles. The van der Waals surface area contributed by atoms with Crippen LogP contribution >= 0.6 is 0 Å². The van der Waals surface area contributed by atoms with Crippen LogP contribution in [0.3, 0.4) is 0 Å². The van der Waals surface area contributed by atoms with Gasteiger partial charge in [0.15, 0.2) is 5.69 Å². The summed E-state index contributed by atoms with van der Waals surface area (Å²) in [6, 6.07) is 2.81. The number of ether oxygens (including phenoxy) is 1. The molecule has 9 heteroatoms. The molecule has 2 aromatic rings. The molecule has 2 rings (SSSR count). The smallest absolute Gasteiger partial charge is 0.408 e. The molecule has 2 N–H and O–H groups in total. The molecule has 0 amide bonds. The molecule has 0 aliphatic carbocycles. The number of esters is 1. The molecule has 2 aromatic heterocycles. The summed E-state index contributed by atoms with van der Waals surface area (Å²) in [6.45, 7) is -1.18. The van der Waals surface area contributed by atoms with E-state index < -0.39 is 18.7 Å². The Kier molecular flexibility index (Phi) is 3.83. The first-order chi connectivity index (χ1) is 9.80. The fourth-order valence-corrected chi connectivity index (χ4v) is 1.68. The van der Waals surface area contributed by atoms with Gasteiger partial charge >= 0.3 is 12.1 Å². The molecule has 0 fully saturated rings. The summed E-state index contributed by atoms with van der Waals surface area (Å²) in [4.78, 5) is 15.2. The quantitative estimate of drug-likeness (QED) is 0.875. The predicted molar refractivity (Wildman–Crippen MR) is 67.3 cm³/mol. The number of rotatable bonds is 3. The van der Waals surface area contributed by atoms with Crippen LogP contribution in [0, 0.1) is 0 Å². The molecule has 0 aliphatic heterocycles. The van der Waals surface area contributed by atoms with Crippen molar-refractivity contribution in [2.75, 3.05) is 12.8 Å². The minimum Gasteiger partial charge on any atom is -0.464 e. The first kappa shape index (κ1) is 14.8. The summed E-state index contributed by atoms with van der Waals surface area (Å²) >= 11 is 0. The van der Waals surface area contributed by atoms with Gasteiger partial charge in [-0.3, -0.25) is 4.68 Å². The maximum Gasteiger partial charge on any atom is 0.408 e. The highest BCUT2D eigenvalue weighted by molar-refractivity contribution is 5.93. The van der Waals surface area contributed by atoms with Crippen LogP contribution in [-0.2, 0) is 11.3 Å². The third kappa shape index (κ3) is 3.50. The van der Waals surface area contributed by atoms with Crippen molar-refractivity contribution in [3.05, 3.63) is 30.2 Å². The summed E-state index contributed by atoms with van der Waals surface area (Å²) in [5, 5.41) is 3.79. The zero-order valence-electron chi connectivity index (χ0n) is 10.9. The molecule has 6 nitrogen and oxygen atoms in total. The van der Waals surface area contributed by atoms with Crippen LogP contribution < -0.4 is 5.73 Å². The first-order valence-electron chi connectivity index (χ1n) is 5.74. The van der Waals surface area contributed by atoms with Gasteiger partial charge in [-0.25, -0.2) is 9.78 Å².